The Morgan fingerprint density at radius 2 is 2.07 bits per heavy atom. The maximum absolute atomic E-state index is 10.5. The number of hydrogen-bond acceptors (Lipinski definition) is 5. The third-order valence-corrected chi connectivity index (χ3v) is 1.80. The first-order valence-electron chi connectivity index (χ1n) is 3.81. The van der Waals surface area contributed by atoms with E-state index in [0.717, 1.165) is 6.07 Å². The van der Waals surface area contributed by atoms with Crippen molar-refractivity contribution in [3.05, 3.63) is 33.9 Å². The zero-order valence-electron chi connectivity index (χ0n) is 7.12. The fourth-order valence-electron chi connectivity index (χ4n) is 1.19. The van der Waals surface area contributed by atoms with E-state index < -0.39 is 24.3 Å². The van der Waals surface area contributed by atoms with E-state index >= 15 is 0 Å². The quantitative estimate of drug-likeness (QED) is 0.319. The van der Waals surface area contributed by atoms with E-state index in [2.05, 4.69) is 0 Å². The van der Waals surface area contributed by atoms with Crippen LogP contribution in [0, 0.1) is 10.1 Å². The number of aliphatic hydroxyl groups is 1. The van der Waals surface area contributed by atoms with Gasteiger partial charge in [0.2, 0.25) is 0 Å². The third-order valence-electron chi connectivity index (χ3n) is 1.80. The average Bonchev–Trinajstić information content (AvgIpc) is 2.16. The lowest BCUT2D eigenvalue weighted by atomic mass is 9.76. The van der Waals surface area contributed by atoms with Crippen LogP contribution in [0.2, 0.25) is 0 Å². The van der Waals surface area contributed by atoms with Crippen molar-refractivity contribution in [2.75, 3.05) is 0 Å². The normalized spacial score (nSPS) is 9.93. The van der Waals surface area contributed by atoms with Crippen LogP contribution in [0.25, 0.3) is 0 Å². The summed E-state index contributed by atoms with van der Waals surface area (Å²) in [5.41, 5.74) is -0.541. The average molecular weight is 197 g/mol. The van der Waals surface area contributed by atoms with Crippen LogP contribution < -0.4 is 5.46 Å². The van der Waals surface area contributed by atoms with E-state index in [0.29, 0.717) is 0 Å². The second kappa shape index (κ2) is 4.18. The largest absolute Gasteiger partial charge is 0.495 e. The second-order valence-corrected chi connectivity index (χ2v) is 2.64. The van der Waals surface area contributed by atoms with Crippen molar-refractivity contribution in [1.29, 1.82) is 0 Å². The van der Waals surface area contributed by atoms with Gasteiger partial charge in [-0.05, 0) is 5.56 Å². The highest BCUT2D eigenvalue weighted by molar-refractivity contribution is 6.60. The van der Waals surface area contributed by atoms with Crippen molar-refractivity contribution in [2.45, 2.75) is 6.61 Å². The van der Waals surface area contributed by atoms with Crippen molar-refractivity contribution in [3.63, 3.8) is 0 Å². The van der Waals surface area contributed by atoms with Gasteiger partial charge in [0.05, 0.1) is 17.0 Å². The standard InChI is InChI=1S/C7H8BNO5/c10-4-5-2-1-3-6(9(13)14)7(5)8(11)12/h1-3,10-12H,4H2. The Morgan fingerprint density at radius 1 is 1.43 bits per heavy atom. The molecule has 0 atom stereocenters. The molecule has 14 heavy (non-hydrogen) atoms. The number of benzene rings is 1. The number of nitro groups is 1. The lowest BCUT2D eigenvalue weighted by molar-refractivity contribution is -0.383. The summed E-state index contributed by atoms with van der Waals surface area (Å²) in [6.45, 7) is -0.478. The highest BCUT2D eigenvalue weighted by Crippen LogP contribution is 2.11. The van der Waals surface area contributed by atoms with Gasteiger partial charge in [-0.3, -0.25) is 10.1 Å². The lowest BCUT2D eigenvalue weighted by Crippen LogP contribution is -2.35. The van der Waals surface area contributed by atoms with Gasteiger partial charge >= 0.3 is 7.12 Å². The fraction of sp³-hybridized carbons (Fsp3) is 0.143. The van der Waals surface area contributed by atoms with Gasteiger partial charge in [-0.1, -0.05) is 12.1 Å². The predicted octanol–water partition coefficient (Wildman–Crippen LogP) is -1.23. The lowest BCUT2D eigenvalue weighted by Gasteiger charge is -2.06. The highest BCUT2D eigenvalue weighted by Gasteiger charge is 2.26. The van der Waals surface area contributed by atoms with Gasteiger partial charge in [0, 0.05) is 6.07 Å². The molecule has 0 unspecified atom stereocenters. The van der Waals surface area contributed by atoms with Gasteiger partial charge in [-0.2, -0.15) is 0 Å². The first kappa shape index (κ1) is 10.6. The molecule has 0 bridgehead atoms. The summed E-state index contributed by atoms with van der Waals surface area (Å²) in [5, 5.41) is 37.1. The molecular weight excluding hydrogens is 189 g/mol. The molecule has 0 fully saturated rings. The van der Waals surface area contributed by atoms with Crippen LogP contribution in [-0.4, -0.2) is 27.2 Å². The molecular formula is C7H8BNO5. The summed E-state index contributed by atoms with van der Waals surface area (Å²) in [6, 6.07) is 3.91. The molecule has 6 nitrogen and oxygen atoms in total. The summed E-state index contributed by atoms with van der Waals surface area (Å²) < 4.78 is 0. The molecule has 74 valence electrons. The zero-order valence-corrected chi connectivity index (χ0v) is 7.12. The maximum atomic E-state index is 10.5. The monoisotopic (exact) mass is 197 g/mol. The highest BCUT2D eigenvalue weighted by atomic mass is 16.6. The van der Waals surface area contributed by atoms with Crippen LogP contribution in [0.4, 0.5) is 5.69 Å². The number of hydrogen-bond donors (Lipinski definition) is 3. The summed E-state index contributed by atoms with van der Waals surface area (Å²) in [7, 11) is -1.96. The van der Waals surface area contributed by atoms with Crippen LogP contribution in [0.3, 0.4) is 0 Å². The zero-order chi connectivity index (χ0) is 10.7. The second-order valence-electron chi connectivity index (χ2n) is 2.64. The SMILES string of the molecule is O=[N+]([O-])c1cccc(CO)c1B(O)O. The van der Waals surface area contributed by atoms with Crippen LogP contribution in [0.15, 0.2) is 18.2 Å². The molecule has 3 N–H and O–H groups in total. The number of aliphatic hydroxyl groups excluding tert-OH is 1. The summed E-state index contributed by atoms with van der Waals surface area (Å²) in [4.78, 5) is 9.77. The van der Waals surface area contributed by atoms with Gasteiger partial charge in [-0.15, -0.1) is 0 Å². The third kappa shape index (κ3) is 1.90. The Kier molecular flexibility index (Phi) is 3.18. The van der Waals surface area contributed by atoms with E-state index in [1.807, 2.05) is 0 Å². The number of rotatable bonds is 3. The Hall–Kier alpha value is -1.44. The van der Waals surface area contributed by atoms with Crippen molar-refractivity contribution in [3.8, 4) is 0 Å². The summed E-state index contributed by atoms with van der Waals surface area (Å²) >= 11 is 0. The number of nitrogens with zero attached hydrogens (tertiary/aromatic N) is 1. The molecule has 0 aliphatic carbocycles. The topological polar surface area (TPSA) is 104 Å². The Bertz CT molecular complexity index is 354. The predicted molar refractivity (Wildman–Crippen MR) is 48.8 cm³/mol. The summed E-state index contributed by atoms with van der Waals surface area (Å²) in [5.74, 6) is 0. The van der Waals surface area contributed by atoms with E-state index in [9.17, 15) is 10.1 Å². The minimum atomic E-state index is -1.96. The van der Waals surface area contributed by atoms with Crippen molar-refractivity contribution >= 4 is 18.3 Å². The first-order valence-corrected chi connectivity index (χ1v) is 3.81. The van der Waals surface area contributed by atoms with Crippen molar-refractivity contribution in [1.82, 2.24) is 0 Å². The fourth-order valence-corrected chi connectivity index (χ4v) is 1.19. The van der Waals surface area contributed by atoms with E-state index in [4.69, 9.17) is 15.2 Å². The molecule has 0 aliphatic heterocycles. The van der Waals surface area contributed by atoms with E-state index in [1.54, 1.807) is 0 Å². The van der Waals surface area contributed by atoms with Crippen LogP contribution in [0.5, 0.6) is 0 Å². The molecule has 1 rings (SSSR count). The Balaban J connectivity index is 3.35. The Morgan fingerprint density at radius 3 is 2.50 bits per heavy atom. The van der Waals surface area contributed by atoms with Gasteiger partial charge in [-0.25, -0.2) is 0 Å². The molecule has 0 aliphatic rings. The Labute approximate surface area is 79.7 Å². The van der Waals surface area contributed by atoms with Crippen LogP contribution in [0.1, 0.15) is 5.56 Å². The molecule has 0 heterocycles. The molecule has 0 saturated carbocycles. The molecule has 7 heteroatoms. The molecule has 0 saturated heterocycles. The van der Waals surface area contributed by atoms with Crippen molar-refractivity contribution < 1.29 is 20.1 Å². The summed E-state index contributed by atoms with van der Waals surface area (Å²) in [6.07, 6.45) is 0. The molecule has 1 aromatic rings. The smallest absolute Gasteiger partial charge is 0.423 e. The minimum absolute atomic E-state index is 0.134. The molecule has 0 aromatic heterocycles. The van der Waals surface area contributed by atoms with Gasteiger partial charge in [0.15, 0.2) is 0 Å². The van der Waals surface area contributed by atoms with Crippen LogP contribution >= 0.6 is 0 Å². The van der Waals surface area contributed by atoms with Crippen LogP contribution in [-0.2, 0) is 6.61 Å². The van der Waals surface area contributed by atoms with Crippen molar-refractivity contribution in [2.24, 2.45) is 0 Å². The van der Waals surface area contributed by atoms with E-state index in [1.165, 1.54) is 12.1 Å². The van der Waals surface area contributed by atoms with E-state index in [-0.39, 0.29) is 11.0 Å². The van der Waals surface area contributed by atoms with Gasteiger partial charge in [0.1, 0.15) is 0 Å². The molecule has 0 amide bonds. The number of nitro benzene ring substituents is 1. The first-order chi connectivity index (χ1) is 6.57. The minimum Gasteiger partial charge on any atom is -0.423 e. The molecule has 0 spiro atoms. The molecule has 1 aromatic carbocycles. The molecule has 0 radical (unpaired) electrons. The van der Waals surface area contributed by atoms with Gasteiger partial charge < -0.3 is 15.2 Å². The maximum Gasteiger partial charge on any atom is 0.495 e. The van der Waals surface area contributed by atoms with Gasteiger partial charge in [0.25, 0.3) is 5.69 Å².